The molecule has 6 heteroatoms. The molecule has 3 heterocycles. The summed E-state index contributed by atoms with van der Waals surface area (Å²) in [6.07, 6.45) is 5.52. The van der Waals surface area contributed by atoms with Crippen LogP contribution in [-0.2, 0) is 11.2 Å². The molecule has 2 aromatic rings. The van der Waals surface area contributed by atoms with Gasteiger partial charge in [-0.15, -0.1) is 0 Å². The van der Waals surface area contributed by atoms with Crippen molar-refractivity contribution in [1.29, 1.82) is 0 Å². The van der Waals surface area contributed by atoms with Gasteiger partial charge in [0.2, 0.25) is 5.91 Å². The molecule has 160 valence electrons. The molecule has 1 amide bonds. The first kappa shape index (κ1) is 19.6. The van der Waals surface area contributed by atoms with Crippen LogP contribution in [0.15, 0.2) is 36.7 Å². The number of rotatable bonds is 5. The normalized spacial score (nSPS) is 22.4. The van der Waals surface area contributed by atoms with Crippen molar-refractivity contribution in [1.82, 2.24) is 19.4 Å². The van der Waals surface area contributed by atoms with Crippen molar-refractivity contribution in [3.8, 4) is 0 Å². The summed E-state index contributed by atoms with van der Waals surface area (Å²) in [7, 11) is 0. The average Bonchev–Trinajstić information content (AvgIpc) is 3.48. The monoisotopic (exact) mass is 407 g/mol. The van der Waals surface area contributed by atoms with Crippen LogP contribution in [-0.4, -0.2) is 64.5 Å². The molecule has 1 saturated carbocycles. The summed E-state index contributed by atoms with van der Waals surface area (Å²) >= 11 is 0. The molecular formula is C24H33N5O. The van der Waals surface area contributed by atoms with Gasteiger partial charge in [-0.2, -0.15) is 0 Å². The molecule has 0 radical (unpaired) electrons. The van der Waals surface area contributed by atoms with Crippen LogP contribution in [0.4, 0.5) is 5.69 Å². The number of aromatic nitrogens is 2. The van der Waals surface area contributed by atoms with E-state index < -0.39 is 0 Å². The number of imidazole rings is 1. The standard InChI is InChI=1S/C24H33N5O/c1-18(2)29-17-25-21-10-11-28(16-19-8-9-19)23(22(21)29)24(30)27-14-12-26(13-15-27)20-6-4-3-5-7-20/h3-7,17-19,23H,8-16H2,1-2H3. The van der Waals surface area contributed by atoms with E-state index in [1.54, 1.807) is 0 Å². The average molecular weight is 408 g/mol. The lowest BCUT2D eigenvalue weighted by Crippen LogP contribution is -2.53. The predicted molar refractivity (Wildman–Crippen MR) is 119 cm³/mol. The molecule has 1 unspecified atom stereocenters. The van der Waals surface area contributed by atoms with Gasteiger partial charge in [0, 0.05) is 57.4 Å². The van der Waals surface area contributed by atoms with Crippen molar-refractivity contribution in [3.05, 3.63) is 48.0 Å². The third-order valence-corrected chi connectivity index (χ3v) is 6.86. The number of hydrogen-bond donors (Lipinski definition) is 0. The second kappa shape index (κ2) is 8.06. The van der Waals surface area contributed by atoms with Gasteiger partial charge in [-0.25, -0.2) is 4.98 Å². The fraction of sp³-hybridized carbons (Fsp3) is 0.583. The Bertz CT molecular complexity index is 880. The van der Waals surface area contributed by atoms with Gasteiger partial charge >= 0.3 is 0 Å². The summed E-state index contributed by atoms with van der Waals surface area (Å²) in [6.45, 7) is 9.70. The number of fused-ring (bicyclic) bond motifs is 1. The van der Waals surface area contributed by atoms with Gasteiger partial charge in [0.15, 0.2) is 0 Å². The van der Waals surface area contributed by atoms with Crippen molar-refractivity contribution in [3.63, 3.8) is 0 Å². The number of anilines is 1. The maximum atomic E-state index is 13.9. The summed E-state index contributed by atoms with van der Waals surface area (Å²) in [4.78, 5) is 25.5. The van der Waals surface area contributed by atoms with E-state index in [9.17, 15) is 4.79 Å². The van der Waals surface area contributed by atoms with Crippen molar-refractivity contribution in [2.24, 2.45) is 5.92 Å². The highest BCUT2D eigenvalue weighted by Gasteiger charge is 2.41. The van der Waals surface area contributed by atoms with E-state index in [4.69, 9.17) is 4.98 Å². The molecule has 0 spiro atoms. The van der Waals surface area contributed by atoms with Crippen molar-refractivity contribution >= 4 is 11.6 Å². The van der Waals surface area contributed by atoms with Crippen LogP contribution in [0.25, 0.3) is 0 Å². The minimum absolute atomic E-state index is 0.178. The molecule has 30 heavy (non-hydrogen) atoms. The number of carbonyl (C=O) groups excluding carboxylic acids is 1. The topological polar surface area (TPSA) is 44.6 Å². The molecule has 3 aliphatic rings. The third kappa shape index (κ3) is 3.73. The Morgan fingerprint density at radius 1 is 1.07 bits per heavy atom. The Morgan fingerprint density at radius 2 is 1.80 bits per heavy atom. The molecular weight excluding hydrogens is 374 g/mol. The third-order valence-electron chi connectivity index (χ3n) is 6.86. The Hall–Kier alpha value is -2.34. The van der Waals surface area contributed by atoms with E-state index in [2.05, 4.69) is 63.4 Å². The molecule has 2 fully saturated rings. The zero-order valence-electron chi connectivity index (χ0n) is 18.2. The minimum atomic E-state index is -0.178. The number of nitrogens with zero attached hydrogens (tertiary/aromatic N) is 5. The van der Waals surface area contributed by atoms with Crippen LogP contribution in [0, 0.1) is 5.92 Å². The zero-order valence-corrected chi connectivity index (χ0v) is 18.2. The van der Waals surface area contributed by atoms with Crippen molar-refractivity contribution in [2.75, 3.05) is 44.2 Å². The first-order chi connectivity index (χ1) is 14.6. The Balaban J connectivity index is 1.37. The summed E-state index contributed by atoms with van der Waals surface area (Å²) in [6, 6.07) is 10.7. The maximum Gasteiger partial charge on any atom is 0.246 e. The van der Waals surface area contributed by atoms with Gasteiger partial charge in [-0.3, -0.25) is 9.69 Å². The smallest absolute Gasteiger partial charge is 0.246 e. The Morgan fingerprint density at radius 3 is 2.47 bits per heavy atom. The quantitative estimate of drug-likeness (QED) is 0.764. The van der Waals surface area contributed by atoms with Gasteiger partial charge < -0.3 is 14.4 Å². The molecule has 2 aliphatic heterocycles. The van der Waals surface area contributed by atoms with Gasteiger partial charge in [-0.05, 0) is 44.7 Å². The molecule has 1 atom stereocenters. The highest BCUT2D eigenvalue weighted by Crippen LogP contribution is 2.37. The van der Waals surface area contributed by atoms with Gasteiger partial charge in [0.25, 0.3) is 0 Å². The largest absolute Gasteiger partial charge is 0.368 e. The number of para-hydroxylation sites is 1. The van der Waals surface area contributed by atoms with E-state index in [-0.39, 0.29) is 11.9 Å². The van der Waals surface area contributed by atoms with E-state index in [1.165, 1.54) is 18.5 Å². The van der Waals surface area contributed by atoms with Gasteiger partial charge in [0.05, 0.1) is 17.7 Å². The molecule has 6 nitrogen and oxygen atoms in total. The summed E-state index contributed by atoms with van der Waals surface area (Å²) < 4.78 is 2.23. The van der Waals surface area contributed by atoms with Crippen LogP contribution in [0.1, 0.15) is 50.2 Å². The van der Waals surface area contributed by atoms with Crippen molar-refractivity contribution < 1.29 is 4.79 Å². The van der Waals surface area contributed by atoms with Crippen LogP contribution in [0.3, 0.4) is 0 Å². The summed E-state index contributed by atoms with van der Waals surface area (Å²) in [5.41, 5.74) is 3.52. The van der Waals surface area contributed by atoms with Crippen LogP contribution in [0.2, 0.25) is 0 Å². The minimum Gasteiger partial charge on any atom is -0.368 e. The molecule has 5 rings (SSSR count). The van der Waals surface area contributed by atoms with Crippen molar-refractivity contribution in [2.45, 2.75) is 45.2 Å². The number of piperazine rings is 1. The lowest BCUT2D eigenvalue weighted by atomic mass is 9.99. The van der Waals surface area contributed by atoms with Crippen LogP contribution in [0.5, 0.6) is 0 Å². The van der Waals surface area contributed by atoms with E-state index in [0.29, 0.717) is 6.04 Å². The number of hydrogen-bond acceptors (Lipinski definition) is 4. The lowest BCUT2D eigenvalue weighted by Gasteiger charge is -2.42. The predicted octanol–water partition coefficient (Wildman–Crippen LogP) is 3.12. The van der Waals surface area contributed by atoms with Crippen LogP contribution >= 0.6 is 0 Å². The van der Waals surface area contributed by atoms with E-state index in [1.807, 2.05) is 6.33 Å². The molecule has 1 saturated heterocycles. The Labute approximate surface area is 179 Å². The Kier molecular flexibility index (Phi) is 5.27. The highest BCUT2D eigenvalue weighted by atomic mass is 16.2. The highest BCUT2D eigenvalue weighted by molar-refractivity contribution is 5.84. The second-order valence-corrected chi connectivity index (χ2v) is 9.32. The first-order valence-electron chi connectivity index (χ1n) is 11.5. The van der Waals surface area contributed by atoms with E-state index >= 15 is 0 Å². The summed E-state index contributed by atoms with van der Waals surface area (Å²) in [5, 5.41) is 0. The molecule has 0 N–H and O–H groups in total. The number of benzene rings is 1. The van der Waals surface area contributed by atoms with E-state index in [0.717, 1.165) is 63.0 Å². The molecule has 1 aromatic carbocycles. The fourth-order valence-electron chi connectivity index (χ4n) is 4.96. The number of amides is 1. The van der Waals surface area contributed by atoms with Gasteiger partial charge in [-0.1, -0.05) is 18.2 Å². The molecule has 1 aliphatic carbocycles. The molecule has 1 aromatic heterocycles. The zero-order chi connectivity index (χ0) is 20.7. The molecule has 0 bridgehead atoms. The first-order valence-corrected chi connectivity index (χ1v) is 11.5. The second-order valence-electron chi connectivity index (χ2n) is 9.32. The SMILES string of the molecule is CC(C)n1cnc2c1C(C(=O)N1CCN(c3ccccc3)CC1)N(CC1CC1)CC2. The fourth-order valence-corrected chi connectivity index (χ4v) is 4.96. The summed E-state index contributed by atoms with van der Waals surface area (Å²) in [5.74, 6) is 1.04. The lowest BCUT2D eigenvalue weighted by molar-refractivity contribution is -0.138. The van der Waals surface area contributed by atoms with Gasteiger partial charge in [0.1, 0.15) is 6.04 Å². The van der Waals surface area contributed by atoms with Crippen LogP contribution < -0.4 is 4.90 Å². The number of carbonyl (C=O) groups is 1. The maximum absolute atomic E-state index is 13.9.